The van der Waals surface area contributed by atoms with Crippen LogP contribution < -0.4 is 11.3 Å². The summed E-state index contributed by atoms with van der Waals surface area (Å²) in [7, 11) is 1.64. The van der Waals surface area contributed by atoms with Crippen LogP contribution in [-0.4, -0.2) is 40.2 Å². The van der Waals surface area contributed by atoms with Crippen molar-refractivity contribution in [2.75, 3.05) is 19.5 Å². The number of methoxy groups -OCH3 is 1. The van der Waals surface area contributed by atoms with Crippen LogP contribution in [0.3, 0.4) is 0 Å². The summed E-state index contributed by atoms with van der Waals surface area (Å²) in [5.41, 5.74) is 6.52. The Morgan fingerprint density at radius 3 is 3.04 bits per heavy atom. The molecule has 3 rings (SSSR count). The third-order valence-electron chi connectivity index (χ3n) is 4.06. The van der Waals surface area contributed by atoms with Gasteiger partial charge in [-0.25, -0.2) is 4.98 Å². The van der Waals surface area contributed by atoms with Crippen molar-refractivity contribution in [2.24, 2.45) is 5.73 Å². The molecular formula is C16H21N3O3S3. The Labute approximate surface area is 158 Å². The first-order chi connectivity index (χ1) is 12.0. The predicted octanol–water partition coefficient (Wildman–Crippen LogP) is 2.50. The van der Waals surface area contributed by atoms with Gasteiger partial charge in [-0.05, 0) is 37.5 Å². The van der Waals surface area contributed by atoms with Crippen molar-refractivity contribution in [2.45, 2.75) is 47.3 Å². The molecule has 9 heteroatoms. The molecule has 0 unspecified atom stereocenters. The molecule has 0 saturated carbocycles. The van der Waals surface area contributed by atoms with Crippen LogP contribution in [0.4, 0.5) is 0 Å². The highest BCUT2D eigenvalue weighted by molar-refractivity contribution is 8.01. The van der Waals surface area contributed by atoms with Gasteiger partial charge in [-0.2, -0.15) is 0 Å². The number of thiophene rings is 1. The highest BCUT2D eigenvalue weighted by atomic mass is 32.2. The van der Waals surface area contributed by atoms with E-state index >= 15 is 0 Å². The van der Waals surface area contributed by atoms with E-state index in [0.29, 0.717) is 24.7 Å². The van der Waals surface area contributed by atoms with E-state index in [-0.39, 0.29) is 5.56 Å². The average Bonchev–Trinajstić information content (AvgIpc) is 2.95. The maximum Gasteiger partial charge on any atom is 0.263 e. The number of carbonyl (C=O) groups is 1. The van der Waals surface area contributed by atoms with Crippen LogP contribution in [0.5, 0.6) is 0 Å². The molecule has 1 atom stereocenters. The first-order valence-electron chi connectivity index (χ1n) is 8.16. The van der Waals surface area contributed by atoms with Gasteiger partial charge >= 0.3 is 0 Å². The van der Waals surface area contributed by atoms with Crippen molar-refractivity contribution in [3.8, 4) is 0 Å². The molecule has 3 heterocycles. The van der Waals surface area contributed by atoms with Gasteiger partial charge in [0.15, 0.2) is 5.16 Å². The van der Waals surface area contributed by atoms with Gasteiger partial charge in [-0.15, -0.1) is 23.1 Å². The number of hydrogen-bond donors (Lipinski definition) is 1. The first kappa shape index (κ1) is 18.8. The maximum atomic E-state index is 13.2. The number of carbonyl (C=O) groups excluding carboxylic acids is 1. The number of ether oxygens (including phenoxy) is 1. The second-order valence-electron chi connectivity index (χ2n) is 5.86. The lowest BCUT2D eigenvalue weighted by atomic mass is 10.1. The normalized spacial score (nSPS) is 15.3. The number of fused-ring (bicyclic) bond motifs is 3. The minimum absolute atomic E-state index is 0.0136. The molecule has 1 aliphatic rings. The van der Waals surface area contributed by atoms with Crippen LogP contribution in [0.2, 0.25) is 0 Å². The maximum absolute atomic E-state index is 13.2. The molecular weight excluding hydrogens is 378 g/mol. The zero-order valence-electron chi connectivity index (χ0n) is 14.2. The Hall–Kier alpha value is -1.03. The highest BCUT2D eigenvalue weighted by Crippen LogP contribution is 2.40. The fourth-order valence-electron chi connectivity index (χ4n) is 2.73. The third kappa shape index (κ3) is 3.89. The summed E-state index contributed by atoms with van der Waals surface area (Å²) in [6.45, 7) is 2.82. The molecule has 136 valence electrons. The number of rotatable bonds is 7. The van der Waals surface area contributed by atoms with Crippen LogP contribution >= 0.6 is 34.9 Å². The van der Waals surface area contributed by atoms with Crippen LogP contribution in [-0.2, 0) is 22.5 Å². The van der Waals surface area contributed by atoms with Crippen molar-refractivity contribution < 1.29 is 9.53 Å². The molecule has 2 aromatic heterocycles. The number of aromatic nitrogens is 2. The Kier molecular flexibility index (Phi) is 6.08. The minimum Gasteiger partial charge on any atom is -0.385 e. The van der Waals surface area contributed by atoms with Gasteiger partial charge in [0.2, 0.25) is 5.91 Å². The zero-order valence-corrected chi connectivity index (χ0v) is 16.7. The number of nitrogens with zero attached hydrogens (tertiary/aromatic N) is 2. The van der Waals surface area contributed by atoms with E-state index in [1.807, 2.05) is 0 Å². The van der Waals surface area contributed by atoms with Crippen molar-refractivity contribution in [1.29, 1.82) is 0 Å². The summed E-state index contributed by atoms with van der Waals surface area (Å²) < 4.78 is 7.99. The standard InChI is InChI=1S/C16H21N3O3S3/c1-9(12(17)20)24-16-18-13-11(10-5-3-8-23-15(10)25-13)14(21)19(16)6-4-7-22-2/h9H,3-8H2,1-2H3,(H2,17,20)/t9-/m1/s1. The van der Waals surface area contributed by atoms with E-state index in [1.54, 1.807) is 41.7 Å². The smallest absolute Gasteiger partial charge is 0.263 e. The Bertz CT molecular complexity index is 846. The summed E-state index contributed by atoms with van der Waals surface area (Å²) >= 11 is 4.64. The van der Waals surface area contributed by atoms with Gasteiger partial charge in [0.25, 0.3) is 5.56 Å². The number of thioether (sulfide) groups is 2. The summed E-state index contributed by atoms with van der Waals surface area (Å²) in [6, 6.07) is 0. The third-order valence-corrected chi connectivity index (χ3v) is 7.69. The average molecular weight is 400 g/mol. The molecule has 0 aliphatic carbocycles. The van der Waals surface area contributed by atoms with Crippen LogP contribution in [0.1, 0.15) is 25.3 Å². The zero-order chi connectivity index (χ0) is 18.0. The fourth-order valence-corrected chi connectivity index (χ4v) is 6.19. The monoisotopic (exact) mass is 399 g/mol. The molecule has 1 aliphatic heterocycles. The van der Waals surface area contributed by atoms with Crippen LogP contribution in [0.25, 0.3) is 10.2 Å². The van der Waals surface area contributed by atoms with Crippen molar-refractivity contribution >= 4 is 51.0 Å². The van der Waals surface area contributed by atoms with E-state index in [4.69, 9.17) is 15.5 Å². The van der Waals surface area contributed by atoms with Crippen LogP contribution in [0.15, 0.2) is 14.2 Å². The highest BCUT2D eigenvalue weighted by Gasteiger charge is 2.24. The van der Waals surface area contributed by atoms with Gasteiger partial charge in [0.05, 0.1) is 14.8 Å². The van der Waals surface area contributed by atoms with Crippen molar-refractivity contribution in [3.05, 3.63) is 15.9 Å². The molecule has 0 spiro atoms. The molecule has 6 nitrogen and oxygen atoms in total. The molecule has 0 fully saturated rings. The predicted molar refractivity (Wildman–Crippen MR) is 104 cm³/mol. The van der Waals surface area contributed by atoms with Crippen molar-refractivity contribution in [3.63, 3.8) is 0 Å². The second-order valence-corrected chi connectivity index (χ2v) is 9.53. The van der Waals surface area contributed by atoms with Gasteiger partial charge in [0, 0.05) is 20.3 Å². The molecule has 0 radical (unpaired) electrons. The van der Waals surface area contributed by atoms with E-state index in [2.05, 4.69) is 0 Å². The number of primary amides is 1. The molecule has 25 heavy (non-hydrogen) atoms. The van der Waals surface area contributed by atoms with Gasteiger partial charge in [-0.1, -0.05) is 11.8 Å². The van der Waals surface area contributed by atoms with Crippen molar-refractivity contribution in [1.82, 2.24) is 9.55 Å². The van der Waals surface area contributed by atoms with Crippen LogP contribution in [0, 0.1) is 0 Å². The quantitative estimate of drug-likeness (QED) is 0.437. The summed E-state index contributed by atoms with van der Waals surface area (Å²) in [5.74, 6) is 0.672. The number of amides is 1. The van der Waals surface area contributed by atoms with E-state index in [0.717, 1.165) is 34.4 Å². The number of hydrogen-bond acceptors (Lipinski definition) is 7. The fraction of sp³-hybridized carbons (Fsp3) is 0.562. The molecule has 0 aromatic carbocycles. The number of aryl methyl sites for hydroxylation is 1. The Morgan fingerprint density at radius 2 is 2.32 bits per heavy atom. The molecule has 0 bridgehead atoms. The lowest BCUT2D eigenvalue weighted by Crippen LogP contribution is -2.27. The number of nitrogens with two attached hydrogens (primary N) is 1. The molecule has 2 N–H and O–H groups in total. The lowest BCUT2D eigenvalue weighted by Gasteiger charge is -2.14. The molecule has 1 amide bonds. The largest absolute Gasteiger partial charge is 0.385 e. The molecule has 0 saturated heterocycles. The minimum atomic E-state index is -0.443. The Morgan fingerprint density at radius 1 is 1.52 bits per heavy atom. The topological polar surface area (TPSA) is 87.2 Å². The van der Waals surface area contributed by atoms with Gasteiger partial charge < -0.3 is 10.5 Å². The first-order valence-corrected chi connectivity index (χ1v) is 10.8. The summed E-state index contributed by atoms with van der Waals surface area (Å²) in [6.07, 6.45) is 2.73. The van der Waals surface area contributed by atoms with E-state index in [9.17, 15) is 9.59 Å². The summed E-state index contributed by atoms with van der Waals surface area (Å²) in [5, 5.41) is 0.867. The van der Waals surface area contributed by atoms with E-state index in [1.165, 1.54) is 16.0 Å². The lowest BCUT2D eigenvalue weighted by molar-refractivity contribution is -0.117. The SMILES string of the molecule is COCCCn1c(S[C@H](C)C(N)=O)nc2sc3c(c2c1=O)CCCS3. The second kappa shape index (κ2) is 8.11. The van der Waals surface area contributed by atoms with Gasteiger partial charge in [0.1, 0.15) is 4.83 Å². The van der Waals surface area contributed by atoms with E-state index < -0.39 is 11.2 Å². The Balaban J connectivity index is 2.10. The summed E-state index contributed by atoms with van der Waals surface area (Å²) in [4.78, 5) is 30.1. The van der Waals surface area contributed by atoms with Gasteiger partial charge in [-0.3, -0.25) is 14.2 Å². The molecule has 2 aromatic rings.